The smallest absolute Gasteiger partial charge is 0.295 e. The summed E-state index contributed by atoms with van der Waals surface area (Å²) in [6.45, 7) is 5.87. The van der Waals surface area contributed by atoms with Gasteiger partial charge in [0.2, 0.25) is 5.82 Å². The Labute approximate surface area is 135 Å². The lowest BCUT2D eigenvalue weighted by atomic mass is 10.1. The molecule has 0 bridgehead atoms. The average Bonchev–Trinajstić information content (AvgIpc) is 2.94. The van der Waals surface area contributed by atoms with E-state index in [0.717, 1.165) is 16.9 Å². The number of hydrogen-bond acceptors (Lipinski definition) is 3. The summed E-state index contributed by atoms with van der Waals surface area (Å²) in [4.78, 5) is 16.6. The molecule has 1 amide bonds. The van der Waals surface area contributed by atoms with Crippen LogP contribution in [0, 0.1) is 20.8 Å². The van der Waals surface area contributed by atoms with Crippen LogP contribution < -0.4 is 5.32 Å². The van der Waals surface area contributed by atoms with Gasteiger partial charge in [-0.25, -0.2) is 9.67 Å². The zero-order chi connectivity index (χ0) is 16.4. The Balaban J connectivity index is 1.84. The highest BCUT2D eigenvalue weighted by Gasteiger charge is 2.15. The molecule has 0 saturated heterocycles. The first-order chi connectivity index (χ1) is 11.0. The number of aryl methyl sites for hydroxylation is 3. The standard InChI is InChI=1S/C18H18N4O/c1-12-9-10-15(11-13(12)2)20-18(23)17-19-14(3)22(21-17)16-7-5-4-6-8-16/h4-11H,1-3H3,(H,20,23). The van der Waals surface area contributed by atoms with Crippen LogP contribution in [0.15, 0.2) is 48.5 Å². The number of hydrogen-bond donors (Lipinski definition) is 1. The summed E-state index contributed by atoms with van der Waals surface area (Å²) in [6, 6.07) is 15.4. The largest absolute Gasteiger partial charge is 0.319 e. The van der Waals surface area contributed by atoms with Gasteiger partial charge in [0.25, 0.3) is 5.91 Å². The van der Waals surface area contributed by atoms with Crippen LogP contribution in [0.3, 0.4) is 0 Å². The van der Waals surface area contributed by atoms with Gasteiger partial charge >= 0.3 is 0 Å². The minimum atomic E-state index is -0.314. The molecule has 0 saturated carbocycles. The van der Waals surface area contributed by atoms with Crippen LogP contribution >= 0.6 is 0 Å². The minimum absolute atomic E-state index is 0.157. The molecule has 0 aliphatic heterocycles. The van der Waals surface area contributed by atoms with E-state index < -0.39 is 0 Å². The van der Waals surface area contributed by atoms with Crippen molar-refractivity contribution in [3.63, 3.8) is 0 Å². The molecule has 5 nitrogen and oxygen atoms in total. The van der Waals surface area contributed by atoms with Gasteiger partial charge in [0.05, 0.1) is 5.69 Å². The Kier molecular flexibility index (Phi) is 3.93. The molecular formula is C18H18N4O. The second-order valence-corrected chi connectivity index (χ2v) is 5.48. The van der Waals surface area contributed by atoms with Gasteiger partial charge in [-0.3, -0.25) is 4.79 Å². The molecule has 23 heavy (non-hydrogen) atoms. The molecule has 0 atom stereocenters. The number of nitrogens with one attached hydrogen (secondary N) is 1. The highest BCUT2D eigenvalue weighted by molar-refractivity contribution is 6.01. The van der Waals surface area contributed by atoms with E-state index in [-0.39, 0.29) is 11.7 Å². The summed E-state index contributed by atoms with van der Waals surface area (Å²) in [7, 11) is 0. The molecule has 1 N–H and O–H groups in total. The van der Waals surface area contributed by atoms with Gasteiger partial charge in [0.1, 0.15) is 5.82 Å². The summed E-state index contributed by atoms with van der Waals surface area (Å²) < 4.78 is 1.66. The predicted molar refractivity (Wildman–Crippen MR) is 90.0 cm³/mol. The summed E-state index contributed by atoms with van der Waals surface area (Å²) in [5, 5.41) is 7.15. The topological polar surface area (TPSA) is 59.8 Å². The third-order valence-electron chi connectivity index (χ3n) is 3.74. The van der Waals surface area contributed by atoms with Crippen LogP contribution in [0.2, 0.25) is 0 Å². The van der Waals surface area contributed by atoms with E-state index in [1.54, 1.807) is 4.68 Å². The van der Waals surface area contributed by atoms with E-state index in [1.807, 2.05) is 69.3 Å². The maximum Gasteiger partial charge on any atom is 0.295 e. The number of para-hydroxylation sites is 1. The monoisotopic (exact) mass is 306 g/mol. The van der Waals surface area contributed by atoms with E-state index in [9.17, 15) is 4.79 Å². The van der Waals surface area contributed by atoms with Crippen LogP contribution in [0.5, 0.6) is 0 Å². The number of carbonyl (C=O) groups excluding carboxylic acids is 1. The first-order valence-electron chi connectivity index (χ1n) is 7.42. The van der Waals surface area contributed by atoms with Crippen molar-refractivity contribution in [2.75, 3.05) is 5.32 Å². The first-order valence-corrected chi connectivity index (χ1v) is 7.42. The Morgan fingerprint density at radius 2 is 1.74 bits per heavy atom. The van der Waals surface area contributed by atoms with E-state index >= 15 is 0 Å². The van der Waals surface area contributed by atoms with Crippen LogP contribution in [-0.4, -0.2) is 20.7 Å². The van der Waals surface area contributed by atoms with Crippen LogP contribution in [0.1, 0.15) is 27.6 Å². The molecule has 3 rings (SSSR count). The molecule has 3 aromatic rings. The summed E-state index contributed by atoms with van der Waals surface area (Å²) in [6.07, 6.45) is 0. The quantitative estimate of drug-likeness (QED) is 0.806. The van der Waals surface area contributed by atoms with Gasteiger partial charge in [-0.15, -0.1) is 5.10 Å². The molecule has 0 aliphatic carbocycles. The van der Waals surface area contributed by atoms with Crippen molar-refractivity contribution in [3.8, 4) is 5.69 Å². The van der Waals surface area contributed by atoms with E-state index in [2.05, 4.69) is 15.4 Å². The van der Waals surface area contributed by atoms with Crippen molar-refractivity contribution in [2.24, 2.45) is 0 Å². The van der Waals surface area contributed by atoms with Crippen molar-refractivity contribution in [1.82, 2.24) is 14.8 Å². The first kappa shape index (κ1) is 15.0. The van der Waals surface area contributed by atoms with Crippen molar-refractivity contribution < 1.29 is 4.79 Å². The normalized spacial score (nSPS) is 10.6. The van der Waals surface area contributed by atoms with Gasteiger partial charge in [-0.2, -0.15) is 0 Å². The molecular weight excluding hydrogens is 288 g/mol. The predicted octanol–water partition coefficient (Wildman–Crippen LogP) is 3.44. The third-order valence-corrected chi connectivity index (χ3v) is 3.74. The van der Waals surface area contributed by atoms with E-state index in [1.165, 1.54) is 5.56 Å². The van der Waals surface area contributed by atoms with E-state index in [0.29, 0.717) is 5.82 Å². The number of aromatic nitrogens is 3. The Bertz CT molecular complexity index is 853. The summed E-state index contributed by atoms with van der Waals surface area (Å²) >= 11 is 0. The summed E-state index contributed by atoms with van der Waals surface area (Å²) in [5.74, 6) is 0.511. The molecule has 0 aliphatic rings. The second kappa shape index (κ2) is 6.04. The number of nitrogens with zero attached hydrogens (tertiary/aromatic N) is 3. The van der Waals surface area contributed by atoms with E-state index in [4.69, 9.17) is 0 Å². The Hall–Kier alpha value is -2.95. The molecule has 1 heterocycles. The van der Waals surface area contributed by atoms with Crippen molar-refractivity contribution in [1.29, 1.82) is 0 Å². The third kappa shape index (κ3) is 3.13. The SMILES string of the molecule is Cc1ccc(NC(=O)c2nc(C)n(-c3ccccc3)n2)cc1C. The van der Waals surface area contributed by atoms with Crippen LogP contribution in [0.4, 0.5) is 5.69 Å². The minimum Gasteiger partial charge on any atom is -0.319 e. The lowest BCUT2D eigenvalue weighted by molar-refractivity contribution is 0.101. The summed E-state index contributed by atoms with van der Waals surface area (Å²) in [5.41, 5.74) is 3.93. The zero-order valence-electron chi connectivity index (χ0n) is 13.4. The maximum atomic E-state index is 12.4. The van der Waals surface area contributed by atoms with Crippen molar-refractivity contribution in [3.05, 3.63) is 71.3 Å². The molecule has 116 valence electrons. The Morgan fingerprint density at radius 3 is 2.43 bits per heavy atom. The molecule has 0 radical (unpaired) electrons. The number of amides is 1. The Morgan fingerprint density at radius 1 is 1.00 bits per heavy atom. The number of carbonyl (C=O) groups is 1. The molecule has 5 heteroatoms. The number of anilines is 1. The lowest BCUT2D eigenvalue weighted by Crippen LogP contribution is -2.14. The lowest BCUT2D eigenvalue weighted by Gasteiger charge is -2.05. The van der Waals surface area contributed by atoms with Gasteiger partial charge in [-0.1, -0.05) is 24.3 Å². The highest BCUT2D eigenvalue weighted by atomic mass is 16.2. The van der Waals surface area contributed by atoms with Gasteiger partial charge in [0.15, 0.2) is 0 Å². The number of benzene rings is 2. The molecule has 0 fully saturated rings. The maximum absolute atomic E-state index is 12.4. The van der Waals surface area contributed by atoms with Crippen molar-refractivity contribution in [2.45, 2.75) is 20.8 Å². The van der Waals surface area contributed by atoms with Crippen LogP contribution in [0.25, 0.3) is 5.69 Å². The van der Waals surface area contributed by atoms with Gasteiger partial charge < -0.3 is 5.32 Å². The fourth-order valence-corrected chi connectivity index (χ4v) is 2.31. The molecule has 2 aromatic carbocycles. The average molecular weight is 306 g/mol. The molecule has 0 unspecified atom stereocenters. The fourth-order valence-electron chi connectivity index (χ4n) is 2.31. The zero-order valence-corrected chi connectivity index (χ0v) is 13.4. The van der Waals surface area contributed by atoms with Gasteiger partial charge in [-0.05, 0) is 56.2 Å². The number of rotatable bonds is 3. The highest BCUT2D eigenvalue weighted by Crippen LogP contribution is 2.15. The fraction of sp³-hybridized carbons (Fsp3) is 0.167. The van der Waals surface area contributed by atoms with Crippen molar-refractivity contribution >= 4 is 11.6 Å². The second-order valence-electron chi connectivity index (χ2n) is 5.48. The molecule has 1 aromatic heterocycles. The van der Waals surface area contributed by atoms with Crippen LogP contribution in [-0.2, 0) is 0 Å². The van der Waals surface area contributed by atoms with Gasteiger partial charge in [0, 0.05) is 5.69 Å². The molecule has 0 spiro atoms.